The van der Waals surface area contributed by atoms with Crippen LogP contribution in [-0.2, 0) is 4.79 Å². The van der Waals surface area contributed by atoms with Crippen LogP contribution in [0.1, 0.15) is 28.1 Å². The molecule has 0 radical (unpaired) electrons. The van der Waals surface area contributed by atoms with Gasteiger partial charge in [-0.05, 0) is 36.1 Å². The number of nitrogens with one attached hydrogen (secondary N) is 1. The highest BCUT2D eigenvalue weighted by Crippen LogP contribution is 2.13. The van der Waals surface area contributed by atoms with E-state index < -0.39 is 6.10 Å². The summed E-state index contributed by atoms with van der Waals surface area (Å²) in [4.78, 5) is 24.2. The van der Waals surface area contributed by atoms with E-state index in [2.05, 4.69) is 5.32 Å². The van der Waals surface area contributed by atoms with Crippen LogP contribution < -0.4 is 10.1 Å². The summed E-state index contributed by atoms with van der Waals surface area (Å²) in [5.41, 5.74) is 1.07. The average Bonchev–Trinajstić information content (AvgIpc) is 3.10. The maximum Gasteiger partial charge on any atom is 0.220 e. The molecule has 1 aromatic carbocycles. The lowest BCUT2D eigenvalue weighted by atomic mass is 10.2. The lowest BCUT2D eigenvalue weighted by Gasteiger charge is -2.13. The Morgan fingerprint density at radius 2 is 2.08 bits per heavy atom. The Bertz CT molecular complexity index is 669. The fraction of sp³-hybridized carbons (Fsp3) is 0.333. The van der Waals surface area contributed by atoms with Gasteiger partial charge in [0.1, 0.15) is 18.5 Å². The second kappa shape index (κ2) is 9.20. The topological polar surface area (TPSA) is 75.6 Å². The average molecular weight is 347 g/mol. The van der Waals surface area contributed by atoms with E-state index >= 15 is 0 Å². The molecule has 0 aliphatic rings. The van der Waals surface area contributed by atoms with E-state index in [9.17, 15) is 14.7 Å². The van der Waals surface area contributed by atoms with Crippen molar-refractivity contribution in [1.82, 2.24) is 5.32 Å². The van der Waals surface area contributed by atoms with E-state index in [1.54, 1.807) is 6.07 Å². The van der Waals surface area contributed by atoms with Gasteiger partial charge in [-0.25, -0.2) is 0 Å². The molecule has 1 aromatic heterocycles. The number of rotatable bonds is 9. The molecule has 2 N–H and O–H groups in total. The summed E-state index contributed by atoms with van der Waals surface area (Å²) in [6.45, 7) is 2.15. The number of benzene rings is 1. The van der Waals surface area contributed by atoms with E-state index in [1.807, 2.05) is 42.6 Å². The van der Waals surface area contributed by atoms with Gasteiger partial charge in [0.15, 0.2) is 5.78 Å². The Morgan fingerprint density at radius 1 is 1.25 bits per heavy atom. The van der Waals surface area contributed by atoms with Gasteiger partial charge in [0.05, 0.1) is 4.88 Å². The Kier molecular flexibility index (Phi) is 6.96. The molecule has 0 aliphatic heterocycles. The predicted molar refractivity (Wildman–Crippen MR) is 93.6 cm³/mol. The monoisotopic (exact) mass is 347 g/mol. The zero-order chi connectivity index (χ0) is 17.4. The minimum absolute atomic E-state index is 0.0384. The van der Waals surface area contributed by atoms with Crippen molar-refractivity contribution < 1.29 is 19.4 Å². The van der Waals surface area contributed by atoms with Crippen molar-refractivity contribution in [2.75, 3.05) is 13.2 Å². The highest BCUT2D eigenvalue weighted by atomic mass is 32.1. The number of aryl methyl sites for hydroxylation is 1. The molecule has 0 fully saturated rings. The molecule has 1 unspecified atom stereocenters. The van der Waals surface area contributed by atoms with Gasteiger partial charge in [-0.3, -0.25) is 9.59 Å². The third-order valence-electron chi connectivity index (χ3n) is 3.34. The number of amides is 1. The van der Waals surface area contributed by atoms with Crippen molar-refractivity contribution in [1.29, 1.82) is 0 Å². The predicted octanol–water partition coefficient (Wildman–Crippen LogP) is 2.58. The number of hydrogen-bond acceptors (Lipinski definition) is 5. The summed E-state index contributed by atoms with van der Waals surface area (Å²) in [7, 11) is 0. The molecule has 24 heavy (non-hydrogen) atoms. The molecule has 1 atom stereocenters. The summed E-state index contributed by atoms with van der Waals surface area (Å²) in [5.74, 6) is 0.389. The van der Waals surface area contributed by atoms with Gasteiger partial charge in [-0.1, -0.05) is 18.2 Å². The van der Waals surface area contributed by atoms with Gasteiger partial charge in [-0.2, -0.15) is 0 Å². The highest BCUT2D eigenvalue weighted by Gasteiger charge is 2.12. The van der Waals surface area contributed by atoms with E-state index in [0.29, 0.717) is 10.6 Å². The molecule has 0 aliphatic carbocycles. The zero-order valence-electron chi connectivity index (χ0n) is 13.5. The third-order valence-corrected chi connectivity index (χ3v) is 4.25. The highest BCUT2D eigenvalue weighted by molar-refractivity contribution is 7.12. The minimum Gasteiger partial charge on any atom is -0.491 e. The molecule has 2 rings (SSSR count). The molecule has 0 bridgehead atoms. The van der Waals surface area contributed by atoms with E-state index in [-0.39, 0.29) is 37.7 Å². The van der Waals surface area contributed by atoms with Gasteiger partial charge in [0.2, 0.25) is 5.91 Å². The molecular formula is C18H21NO4S. The molecular weight excluding hydrogens is 326 g/mol. The van der Waals surface area contributed by atoms with E-state index in [4.69, 9.17) is 4.74 Å². The Labute approximate surface area is 145 Å². The van der Waals surface area contributed by atoms with Crippen molar-refractivity contribution in [3.05, 3.63) is 52.2 Å². The fourth-order valence-corrected chi connectivity index (χ4v) is 2.76. The summed E-state index contributed by atoms with van der Waals surface area (Å²) < 4.78 is 5.47. The van der Waals surface area contributed by atoms with Crippen molar-refractivity contribution in [2.24, 2.45) is 0 Å². The summed E-state index contributed by atoms with van der Waals surface area (Å²) in [6.07, 6.45) is -0.521. The SMILES string of the molecule is Cc1cccc(OCC(O)CNC(=O)CCC(=O)c2cccs2)c1. The first-order valence-corrected chi connectivity index (χ1v) is 8.63. The van der Waals surface area contributed by atoms with Crippen LogP contribution in [0, 0.1) is 6.92 Å². The second-order valence-electron chi connectivity index (χ2n) is 5.49. The van der Waals surface area contributed by atoms with Crippen molar-refractivity contribution in [2.45, 2.75) is 25.9 Å². The van der Waals surface area contributed by atoms with Crippen molar-refractivity contribution in [3.8, 4) is 5.75 Å². The molecule has 5 nitrogen and oxygen atoms in total. The van der Waals surface area contributed by atoms with Crippen LogP contribution in [-0.4, -0.2) is 36.1 Å². The largest absolute Gasteiger partial charge is 0.491 e. The van der Waals surface area contributed by atoms with Gasteiger partial charge < -0.3 is 15.2 Å². The summed E-state index contributed by atoms with van der Waals surface area (Å²) >= 11 is 1.37. The Hall–Kier alpha value is -2.18. The number of Topliss-reactive ketones (excluding diaryl/α,β-unsaturated/α-hetero) is 1. The second-order valence-corrected chi connectivity index (χ2v) is 6.43. The number of hydrogen-bond donors (Lipinski definition) is 2. The van der Waals surface area contributed by atoms with E-state index in [1.165, 1.54) is 11.3 Å². The maximum absolute atomic E-state index is 11.8. The molecule has 0 spiro atoms. The smallest absolute Gasteiger partial charge is 0.220 e. The van der Waals surface area contributed by atoms with Crippen molar-refractivity contribution >= 4 is 23.0 Å². The molecule has 128 valence electrons. The number of ketones is 1. The van der Waals surface area contributed by atoms with E-state index in [0.717, 1.165) is 5.56 Å². The number of carbonyl (C=O) groups is 2. The minimum atomic E-state index is -0.803. The number of ether oxygens (including phenoxy) is 1. The van der Waals surface area contributed by atoms with Crippen LogP contribution in [0.5, 0.6) is 5.75 Å². The van der Waals surface area contributed by atoms with Gasteiger partial charge in [0, 0.05) is 19.4 Å². The fourth-order valence-electron chi connectivity index (χ4n) is 2.06. The zero-order valence-corrected chi connectivity index (χ0v) is 14.3. The number of thiophene rings is 1. The lowest BCUT2D eigenvalue weighted by Crippen LogP contribution is -2.35. The van der Waals surface area contributed by atoms with Crippen LogP contribution in [0.15, 0.2) is 41.8 Å². The van der Waals surface area contributed by atoms with Crippen LogP contribution in [0.25, 0.3) is 0 Å². The van der Waals surface area contributed by atoms with Crippen molar-refractivity contribution in [3.63, 3.8) is 0 Å². The summed E-state index contributed by atoms with van der Waals surface area (Å²) in [5, 5.41) is 14.3. The van der Waals surface area contributed by atoms with Crippen LogP contribution in [0.2, 0.25) is 0 Å². The number of aliphatic hydroxyl groups excluding tert-OH is 1. The van der Waals surface area contributed by atoms with Crippen LogP contribution in [0.4, 0.5) is 0 Å². The molecule has 1 heterocycles. The van der Waals surface area contributed by atoms with Gasteiger partial charge in [-0.15, -0.1) is 11.3 Å². The van der Waals surface area contributed by atoms with Gasteiger partial charge >= 0.3 is 0 Å². The third kappa shape index (κ3) is 6.14. The molecule has 1 amide bonds. The first-order chi connectivity index (χ1) is 11.5. The standard InChI is InChI=1S/C18H21NO4S/c1-13-4-2-5-15(10-13)23-12-14(20)11-19-18(22)8-7-16(21)17-6-3-9-24-17/h2-6,9-10,14,20H,7-8,11-12H2,1H3,(H,19,22). The number of aliphatic hydroxyl groups is 1. The molecule has 0 saturated carbocycles. The number of carbonyl (C=O) groups excluding carboxylic acids is 2. The van der Waals surface area contributed by atoms with Gasteiger partial charge in [0.25, 0.3) is 0 Å². The maximum atomic E-state index is 11.8. The normalized spacial score (nSPS) is 11.8. The Morgan fingerprint density at radius 3 is 2.79 bits per heavy atom. The molecule has 0 saturated heterocycles. The summed E-state index contributed by atoms with van der Waals surface area (Å²) in [6, 6.07) is 11.1. The first-order valence-electron chi connectivity index (χ1n) is 7.75. The lowest BCUT2D eigenvalue weighted by molar-refractivity contribution is -0.121. The molecule has 6 heteroatoms. The Balaban J connectivity index is 1.63. The van der Waals surface area contributed by atoms with Crippen LogP contribution in [0.3, 0.4) is 0 Å². The van der Waals surface area contributed by atoms with Crippen LogP contribution >= 0.6 is 11.3 Å². The quantitative estimate of drug-likeness (QED) is 0.684. The first kappa shape index (κ1) is 18.2. The molecule has 2 aromatic rings.